The van der Waals surface area contributed by atoms with Gasteiger partial charge < -0.3 is 0 Å². The Labute approximate surface area is 163 Å². The summed E-state index contributed by atoms with van der Waals surface area (Å²) in [7, 11) is 0. The third-order valence-electron chi connectivity index (χ3n) is 4.99. The molecule has 0 bridgehead atoms. The largest absolute Gasteiger partial charge is 0.236 e. The van der Waals surface area contributed by atoms with E-state index in [0.29, 0.717) is 0 Å². The molecule has 0 radical (unpaired) electrons. The number of aryl methyl sites for hydroxylation is 2. The predicted molar refractivity (Wildman–Crippen MR) is 115 cm³/mol. The van der Waals surface area contributed by atoms with Gasteiger partial charge in [-0.05, 0) is 41.5 Å². The topological polar surface area (TPSA) is 25.8 Å². The summed E-state index contributed by atoms with van der Waals surface area (Å²) in [5, 5.41) is 0. The Morgan fingerprint density at radius 2 is 1.15 bits per heavy atom. The van der Waals surface area contributed by atoms with Crippen molar-refractivity contribution in [2.24, 2.45) is 0 Å². The van der Waals surface area contributed by atoms with E-state index in [0.717, 1.165) is 24.2 Å². The highest BCUT2D eigenvalue weighted by molar-refractivity contribution is 5.67. The van der Waals surface area contributed by atoms with E-state index in [1.165, 1.54) is 54.4 Å². The smallest absolute Gasteiger partial charge is 0.159 e. The molecule has 0 spiro atoms. The predicted octanol–water partition coefficient (Wildman–Crippen LogP) is 6.89. The molecular weight excluding hydrogens is 328 g/mol. The summed E-state index contributed by atoms with van der Waals surface area (Å²) in [6.07, 6.45) is 12.5. The summed E-state index contributed by atoms with van der Waals surface area (Å²) in [5.74, 6) is 0.795. The van der Waals surface area contributed by atoms with E-state index < -0.39 is 0 Å². The molecule has 1 aromatic heterocycles. The van der Waals surface area contributed by atoms with Crippen LogP contribution in [0.5, 0.6) is 0 Å². The zero-order valence-corrected chi connectivity index (χ0v) is 16.6. The molecule has 0 aliphatic heterocycles. The van der Waals surface area contributed by atoms with Crippen LogP contribution in [0.4, 0.5) is 0 Å². The molecule has 140 valence electrons. The van der Waals surface area contributed by atoms with Crippen LogP contribution in [-0.4, -0.2) is 9.97 Å². The maximum absolute atomic E-state index is 4.51. The fourth-order valence-corrected chi connectivity index (χ4v) is 3.35. The van der Waals surface area contributed by atoms with Gasteiger partial charge in [0.15, 0.2) is 5.82 Å². The van der Waals surface area contributed by atoms with E-state index in [2.05, 4.69) is 72.3 Å². The molecule has 0 aliphatic rings. The first kappa shape index (κ1) is 19.3. The summed E-state index contributed by atoms with van der Waals surface area (Å²) >= 11 is 0. The van der Waals surface area contributed by atoms with Crippen LogP contribution < -0.4 is 0 Å². The lowest BCUT2D eigenvalue weighted by atomic mass is 10.00. The van der Waals surface area contributed by atoms with E-state index in [4.69, 9.17) is 0 Å². The van der Waals surface area contributed by atoms with Crippen LogP contribution >= 0.6 is 0 Å². The van der Waals surface area contributed by atoms with Gasteiger partial charge in [-0.25, -0.2) is 9.97 Å². The molecule has 0 fully saturated rings. The summed E-state index contributed by atoms with van der Waals surface area (Å²) < 4.78 is 0. The number of rotatable bonds is 9. The minimum atomic E-state index is 0.795. The zero-order chi connectivity index (χ0) is 18.9. The molecule has 2 aromatic carbocycles. The van der Waals surface area contributed by atoms with Gasteiger partial charge >= 0.3 is 0 Å². The molecule has 2 nitrogen and oxygen atoms in total. The average molecular weight is 359 g/mol. The third-order valence-corrected chi connectivity index (χ3v) is 4.99. The molecular formula is C25H30N2. The van der Waals surface area contributed by atoms with E-state index in [9.17, 15) is 0 Å². The van der Waals surface area contributed by atoms with Gasteiger partial charge in [0.1, 0.15) is 0 Å². The number of unbranched alkanes of at least 4 members (excludes halogenated alkanes) is 3. The quantitative estimate of drug-likeness (QED) is 0.389. The molecule has 0 saturated carbocycles. The van der Waals surface area contributed by atoms with Gasteiger partial charge in [0.2, 0.25) is 0 Å². The molecule has 0 N–H and O–H groups in total. The molecule has 2 heteroatoms. The van der Waals surface area contributed by atoms with Gasteiger partial charge in [-0.3, -0.25) is 0 Å². The van der Waals surface area contributed by atoms with Crippen molar-refractivity contribution in [2.75, 3.05) is 0 Å². The second-order valence-electron chi connectivity index (χ2n) is 7.25. The monoisotopic (exact) mass is 358 g/mol. The average Bonchev–Trinajstić information content (AvgIpc) is 2.73. The van der Waals surface area contributed by atoms with Crippen LogP contribution in [0, 0.1) is 0 Å². The summed E-state index contributed by atoms with van der Waals surface area (Å²) in [5.41, 5.74) is 6.20. The highest BCUT2D eigenvalue weighted by atomic mass is 14.9. The zero-order valence-electron chi connectivity index (χ0n) is 16.6. The molecule has 0 amide bonds. The Kier molecular flexibility index (Phi) is 7.15. The molecule has 3 rings (SSSR count). The highest BCUT2D eigenvalue weighted by Gasteiger charge is 2.04. The molecule has 0 aliphatic carbocycles. The standard InChI is InChI=1S/C25H30N2/c1-3-5-6-7-9-20-10-12-22(13-11-20)23-14-16-24(17-15-23)25-26-18-21(8-4-2)19-27-25/h10-19H,3-9H2,1-2H3. The van der Waals surface area contributed by atoms with E-state index in [1.54, 1.807) is 0 Å². The fourth-order valence-electron chi connectivity index (χ4n) is 3.35. The minimum Gasteiger partial charge on any atom is -0.236 e. The van der Waals surface area contributed by atoms with Crippen LogP contribution in [-0.2, 0) is 12.8 Å². The number of hydrogen-bond donors (Lipinski definition) is 0. The Morgan fingerprint density at radius 1 is 0.556 bits per heavy atom. The first-order valence-corrected chi connectivity index (χ1v) is 10.3. The van der Waals surface area contributed by atoms with Gasteiger partial charge in [0.05, 0.1) is 0 Å². The molecule has 0 saturated heterocycles. The molecule has 1 heterocycles. The van der Waals surface area contributed by atoms with Crippen molar-refractivity contribution in [3.05, 3.63) is 72.1 Å². The Hall–Kier alpha value is -2.48. The summed E-state index contributed by atoms with van der Waals surface area (Å²) in [6.45, 7) is 4.43. The van der Waals surface area contributed by atoms with Crippen LogP contribution in [0.25, 0.3) is 22.5 Å². The summed E-state index contributed by atoms with van der Waals surface area (Å²) in [6, 6.07) is 17.6. The Balaban J connectivity index is 1.64. The van der Waals surface area contributed by atoms with Crippen LogP contribution in [0.3, 0.4) is 0 Å². The Bertz CT molecular complexity index is 802. The van der Waals surface area contributed by atoms with Gasteiger partial charge in [-0.2, -0.15) is 0 Å². The lowest BCUT2D eigenvalue weighted by Crippen LogP contribution is -1.92. The molecule has 0 atom stereocenters. The minimum absolute atomic E-state index is 0.795. The van der Waals surface area contributed by atoms with Crippen molar-refractivity contribution in [3.8, 4) is 22.5 Å². The molecule has 27 heavy (non-hydrogen) atoms. The van der Waals surface area contributed by atoms with Crippen molar-refractivity contribution < 1.29 is 0 Å². The molecule has 0 unspecified atom stereocenters. The van der Waals surface area contributed by atoms with Crippen molar-refractivity contribution in [1.29, 1.82) is 0 Å². The van der Waals surface area contributed by atoms with E-state index >= 15 is 0 Å². The first-order valence-electron chi connectivity index (χ1n) is 10.3. The van der Waals surface area contributed by atoms with Crippen LogP contribution in [0.15, 0.2) is 60.9 Å². The number of hydrogen-bond acceptors (Lipinski definition) is 2. The van der Waals surface area contributed by atoms with E-state index in [1.807, 2.05) is 12.4 Å². The highest BCUT2D eigenvalue weighted by Crippen LogP contribution is 2.24. The SMILES string of the molecule is CCCCCCc1ccc(-c2ccc(-c3ncc(CCC)cn3)cc2)cc1. The Morgan fingerprint density at radius 3 is 1.74 bits per heavy atom. The van der Waals surface area contributed by atoms with Crippen molar-refractivity contribution >= 4 is 0 Å². The number of nitrogens with zero attached hydrogens (tertiary/aromatic N) is 2. The number of benzene rings is 2. The van der Waals surface area contributed by atoms with Crippen molar-refractivity contribution in [3.63, 3.8) is 0 Å². The van der Waals surface area contributed by atoms with Gasteiger partial charge in [0.25, 0.3) is 0 Å². The number of aromatic nitrogens is 2. The fraction of sp³-hybridized carbons (Fsp3) is 0.360. The summed E-state index contributed by atoms with van der Waals surface area (Å²) in [4.78, 5) is 9.02. The second-order valence-corrected chi connectivity index (χ2v) is 7.25. The van der Waals surface area contributed by atoms with Crippen LogP contribution in [0.1, 0.15) is 57.1 Å². The van der Waals surface area contributed by atoms with Gasteiger partial charge in [-0.15, -0.1) is 0 Å². The maximum atomic E-state index is 4.51. The van der Waals surface area contributed by atoms with Crippen molar-refractivity contribution in [2.45, 2.75) is 58.8 Å². The third kappa shape index (κ3) is 5.50. The normalized spacial score (nSPS) is 10.9. The van der Waals surface area contributed by atoms with Crippen LogP contribution in [0.2, 0.25) is 0 Å². The molecule has 3 aromatic rings. The van der Waals surface area contributed by atoms with Crippen molar-refractivity contribution in [1.82, 2.24) is 9.97 Å². The lowest BCUT2D eigenvalue weighted by Gasteiger charge is -2.06. The second kappa shape index (κ2) is 10.0. The lowest BCUT2D eigenvalue weighted by molar-refractivity contribution is 0.667. The van der Waals surface area contributed by atoms with E-state index in [-0.39, 0.29) is 0 Å². The maximum Gasteiger partial charge on any atom is 0.159 e. The van der Waals surface area contributed by atoms with Gasteiger partial charge in [-0.1, -0.05) is 88.1 Å². The first-order chi connectivity index (χ1) is 13.3. The van der Waals surface area contributed by atoms with Gasteiger partial charge in [0, 0.05) is 18.0 Å².